The zero-order valence-corrected chi connectivity index (χ0v) is 12.1. The molecule has 2 aromatic rings. The van der Waals surface area contributed by atoms with Crippen LogP contribution in [0.3, 0.4) is 0 Å². The van der Waals surface area contributed by atoms with E-state index in [1.54, 1.807) is 10.7 Å². The predicted octanol–water partition coefficient (Wildman–Crippen LogP) is 1.88. The van der Waals surface area contributed by atoms with E-state index < -0.39 is 4.92 Å². The zero-order chi connectivity index (χ0) is 15.6. The first-order valence-corrected chi connectivity index (χ1v) is 6.42. The minimum Gasteiger partial charge on any atom is -0.348 e. The highest BCUT2D eigenvalue weighted by molar-refractivity contribution is 5.94. The Morgan fingerprint density at radius 2 is 2.14 bits per heavy atom. The van der Waals surface area contributed by atoms with Crippen molar-refractivity contribution in [3.05, 3.63) is 56.9 Å². The van der Waals surface area contributed by atoms with Crippen molar-refractivity contribution in [2.45, 2.75) is 20.4 Å². The number of aryl methyl sites for hydroxylation is 2. The first-order chi connectivity index (χ1) is 9.90. The molecule has 0 atom stereocenters. The van der Waals surface area contributed by atoms with Gasteiger partial charge < -0.3 is 5.32 Å². The lowest BCUT2D eigenvalue weighted by molar-refractivity contribution is -0.384. The van der Waals surface area contributed by atoms with Crippen molar-refractivity contribution in [3.8, 4) is 0 Å². The Morgan fingerprint density at radius 1 is 1.43 bits per heavy atom. The fraction of sp³-hybridized carbons (Fsp3) is 0.286. The van der Waals surface area contributed by atoms with Crippen LogP contribution < -0.4 is 5.32 Å². The maximum Gasteiger partial charge on any atom is 0.270 e. The van der Waals surface area contributed by atoms with Gasteiger partial charge in [-0.25, -0.2) is 0 Å². The van der Waals surface area contributed by atoms with Gasteiger partial charge in [0.2, 0.25) is 0 Å². The first kappa shape index (κ1) is 14.7. The van der Waals surface area contributed by atoms with Crippen LogP contribution in [0.1, 0.15) is 27.3 Å². The van der Waals surface area contributed by atoms with E-state index in [2.05, 4.69) is 10.4 Å². The Bertz CT molecular complexity index is 706. The van der Waals surface area contributed by atoms with Crippen LogP contribution in [0.25, 0.3) is 0 Å². The summed E-state index contributed by atoms with van der Waals surface area (Å²) in [5, 5.41) is 17.7. The smallest absolute Gasteiger partial charge is 0.270 e. The van der Waals surface area contributed by atoms with Gasteiger partial charge in [0, 0.05) is 42.5 Å². The van der Waals surface area contributed by atoms with Crippen LogP contribution in [0.15, 0.2) is 24.3 Å². The molecule has 0 bridgehead atoms. The van der Waals surface area contributed by atoms with Crippen LogP contribution in [0.2, 0.25) is 0 Å². The third kappa shape index (κ3) is 3.07. The lowest BCUT2D eigenvalue weighted by Gasteiger charge is -2.06. The summed E-state index contributed by atoms with van der Waals surface area (Å²) in [4.78, 5) is 22.2. The Balaban J connectivity index is 2.12. The average Bonchev–Trinajstić information content (AvgIpc) is 2.70. The molecular formula is C14H16N4O3. The number of carbonyl (C=O) groups excluding carboxylic acids is 1. The van der Waals surface area contributed by atoms with Crippen molar-refractivity contribution >= 4 is 11.6 Å². The molecule has 0 spiro atoms. The minimum atomic E-state index is -0.522. The van der Waals surface area contributed by atoms with E-state index in [-0.39, 0.29) is 17.2 Å². The molecule has 2 rings (SSSR count). The van der Waals surface area contributed by atoms with Crippen LogP contribution in [0.5, 0.6) is 0 Å². The molecule has 0 aliphatic heterocycles. The van der Waals surface area contributed by atoms with Gasteiger partial charge in [-0.15, -0.1) is 0 Å². The molecule has 1 heterocycles. The second kappa shape index (κ2) is 5.74. The lowest BCUT2D eigenvalue weighted by atomic mass is 10.1. The van der Waals surface area contributed by atoms with Crippen molar-refractivity contribution in [3.63, 3.8) is 0 Å². The Hall–Kier alpha value is -2.70. The van der Waals surface area contributed by atoms with Gasteiger partial charge in [0.1, 0.15) is 0 Å². The van der Waals surface area contributed by atoms with Crippen molar-refractivity contribution in [2.24, 2.45) is 7.05 Å². The number of amides is 1. The predicted molar refractivity (Wildman–Crippen MR) is 76.9 cm³/mol. The highest BCUT2D eigenvalue weighted by Gasteiger charge is 2.13. The molecule has 0 radical (unpaired) electrons. The number of nitro groups is 1. The highest BCUT2D eigenvalue weighted by Crippen LogP contribution is 2.14. The normalized spacial score (nSPS) is 10.4. The number of nitro benzene ring substituents is 1. The summed E-state index contributed by atoms with van der Waals surface area (Å²) in [6.45, 7) is 4.14. The third-order valence-electron chi connectivity index (χ3n) is 3.40. The van der Waals surface area contributed by atoms with E-state index in [0.717, 1.165) is 17.0 Å². The summed E-state index contributed by atoms with van der Waals surface area (Å²) in [6.07, 6.45) is 0. The van der Waals surface area contributed by atoms with E-state index in [4.69, 9.17) is 0 Å². The third-order valence-corrected chi connectivity index (χ3v) is 3.40. The molecule has 0 fully saturated rings. The Kier molecular flexibility index (Phi) is 4.02. The standard InChI is InChI=1S/C14H16N4O3/c1-9-13(10(2)17(3)16-9)8-15-14(19)11-5-4-6-12(7-11)18(20)21/h4-7H,8H2,1-3H3,(H,15,19). The average molecular weight is 288 g/mol. The molecule has 0 aliphatic rings. The molecule has 1 aromatic carbocycles. The van der Waals surface area contributed by atoms with E-state index in [9.17, 15) is 14.9 Å². The van der Waals surface area contributed by atoms with E-state index in [1.807, 2.05) is 20.9 Å². The number of non-ortho nitro benzene ring substituents is 1. The summed E-state index contributed by atoms with van der Waals surface area (Å²) < 4.78 is 1.75. The van der Waals surface area contributed by atoms with Crippen LogP contribution in [-0.2, 0) is 13.6 Å². The zero-order valence-electron chi connectivity index (χ0n) is 12.1. The number of aromatic nitrogens is 2. The Labute approximate surface area is 121 Å². The van der Waals surface area contributed by atoms with Gasteiger partial charge >= 0.3 is 0 Å². The molecule has 1 aromatic heterocycles. The number of rotatable bonds is 4. The van der Waals surface area contributed by atoms with Crippen molar-refractivity contribution < 1.29 is 9.72 Å². The largest absolute Gasteiger partial charge is 0.348 e. The number of benzene rings is 1. The molecule has 21 heavy (non-hydrogen) atoms. The van der Waals surface area contributed by atoms with Gasteiger partial charge in [-0.05, 0) is 19.9 Å². The monoisotopic (exact) mass is 288 g/mol. The first-order valence-electron chi connectivity index (χ1n) is 6.42. The van der Waals surface area contributed by atoms with Crippen LogP contribution in [0, 0.1) is 24.0 Å². The number of nitrogens with zero attached hydrogens (tertiary/aromatic N) is 3. The molecule has 1 amide bonds. The van der Waals surface area contributed by atoms with Crippen LogP contribution >= 0.6 is 0 Å². The van der Waals surface area contributed by atoms with Crippen molar-refractivity contribution in [1.29, 1.82) is 0 Å². The summed E-state index contributed by atoms with van der Waals surface area (Å²) in [7, 11) is 1.84. The van der Waals surface area contributed by atoms with E-state index in [0.29, 0.717) is 6.54 Å². The molecule has 0 saturated heterocycles. The lowest BCUT2D eigenvalue weighted by Crippen LogP contribution is -2.23. The number of carbonyl (C=O) groups is 1. The van der Waals surface area contributed by atoms with E-state index >= 15 is 0 Å². The SMILES string of the molecule is Cc1nn(C)c(C)c1CNC(=O)c1cccc([N+](=O)[O-])c1. The van der Waals surface area contributed by atoms with Gasteiger partial charge in [-0.3, -0.25) is 19.6 Å². The van der Waals surface area contributed by atoms with Gasteiger partial charge in [-0.2, -0.15) is 5.10 Å². The topological polar surface area (TPSA) is 90.1 Å². The highest BCUT2D eigenvalue weighted by atomic mass is 16.6. The summed E-state index contributed by atoms with van der Waals surface area (Å²) >= 11 is 0. The number of nitrogens with one attached hydrogen (secondary N) is 1. The fourth-order valence-electron chi connectivity index (χ4n) is 2.10. The second-order valence-corrected chi connectivity index (χ2v) is 4.76. The molecule has 110 valence electrons. The molecule has 0 unspecified atom stereocenters. The fourth-order valence-corrected chi connectivity index (χ4v) is 2.10. The maximum absolute atomic E-state index is 12.1. The quantitative estimate of drug-likeness (QED) is 0.687. The summed E-state index contributed by atoms with van der Waals surface area (Å²) in [5.41, 5.74) is 2.96. The molecule has 0 saturated carbocycles. The number of hydrogen-bond acceptors (Lipinski definition) is 4. The minimum absolute atomic E-state index is 0.101. The number of hydrogen-bond donors (Lipinski definition) is 1. The van der Waals surface area contributed by atoms with Gasteiger partial charge in [0.25, 0.3) is 11.6 Å². The summed E-state index contributed by atoms with van der Waals surface area (Å²) in [5.74, 6) is -0.346. The molecule has 0 aliphatic carbocycles. The Morgan fingerprint density at radius 3 is 2.71 bits per heavy atom. The second-order valence-electron chi connectivity index (χ2n) is 4.76. The molecule has 7 heteroatoms. The molecular weight excluding hydrogens is 272 g/mol. The van der Waals surface area contributed by atoms with E-state index in [1.165, 1.54) is 18.2 Å². The van der Waals surface area contributed by atoms with Crippen molar-refractivity contribution in [1.82, 2.24) is 15.1 Å². The van der Waals surface area contributed by atoms with Gasteiger partial charge in [0.15, 0.2) is 0 Å². The van der Waals surface area contributed by atoms with Gasteiger partial charge in [-0.1, -0.05) is 6.07 Å². The molecule has 1 N–H and O–H groups in total. The van der Waals surface area contributed by atoms with Crippen LogP contribution in [-0.4, -0.2) is 20.6 Å². The molecule has 7 nitrogen and oxygen atoms in total. The maximum atomic E-state index is 12.1. The van der Waals surface area contributed by atoms with Crippen molar-refractivity contribution in [2.75, 3.05) is 0 Å². The van der Waals surface area contributed by atoms with Gasteiger partial charge in [0.05, 0.1) is 10.6 Å². The van der Waals surface area contributed by atoms with Crippen LogP contribution in [0.4, 0.5) is 5.69 Å². The summed E-state index contributed by atoms with van der Waals surface area (Å²) in [6, 6.07) is 5.66.